The van der Waals surface area contributed by atoms with E-state index in [2.05, 4.69) is 10.1 Å². The van der Waals surface area contributed by atoms with Crippen LogP contribution in [-0.2, 0) is 11.3 Å². The minimum absolute atomic E-state index is 0. The summed E-state index contributed by atoms with van der Waals surface area (Å²) in [5.74, 6) is -1.65. The van der Waals surface area contributed by atoms with Gasteiger partial charge in [-0.2, -0.15) is 8.78 Å². The van der Waals surface area contributed by atoms with Gasteiger partial charge in [-0.1, -0.05) is 18.9 Å². The third-order valence-electron chi connectivity index (χ3n) is 4.30. The highest BCUT2D eigenvalue weighted by Gasteiger charge is 2.37. The molecule has 136 valence electrons. The van der Waals surface area contributed by atoms with Crippen LogP contribution in [0.15, 0.2) is 18.2 Å². The molecule has 0 bridgehead atoms. The predicted octanol–water partition coefficient (Wildman–Crippen LogP) is 3.37. The Kier molecular flexibility index (Phi) is 7.35. The minimum Gasteiger partial charge on any atom is -0.434 e. The van der Waals surface area contributed by atoms with E-state index in [0.717, 1.165) is 25.3 Å². The van der Waals surface area contributed by atoms with Crippen LogP contribution in [0, 0.1) is 11.7 Å². The maximum atomic E-state index is 13.8. The van der Waals surface area contributed by atoms with E-state index in [0.29, 0.717) is 6.42 Å². The molecule has 1 aliphatic rings. The molecule has 1 fully saturated rings. The van der Waals surface area contributed by atoms with Crippen molar-refractivity contribution in [3.05, 3.63) is 29.6 Å². The fourth-order valence-corrected chi connectivity index (χ4v) is 3.00. The van der Waals surface area contributed by atoms with E-state index in [1.807, 2.05) is 6.92 Å². The maximum absolute atomic E-state index is 13.8. The van der Waals surface area contributed by atoms with Gasteiger partial charge >= 0.3 is 6.61 Å². The summed E-state index contributed by atoms with van der Waals surface area (Å²) < 4.78 is 42.9. The second-order valence-electron chi connectivity index (χ2n) is 6.12. The van der Waals surface area contributed by atoms with E-state index in [1.54, 1.807) is 0 Å². The lowest BCUT2D eigenvalue weighted by Gasteiger charge is -2.37. The van der Waals surface area contributed by atoms with Gasteiger partial charge in [0.15, 0.2) is 0 Å². The first-order valence-corrected chi connectivity index (χ1v) is 7.60. The Morgan fingerprint density at radius 3 is 2.79 bits per heavy atom. The molecular weight excluding hydrogens is 345 g/mol. The van der Waals surface area contributed by atoms with Crippen molar-refractivity contribution in [3.63, 3.8) is 0 Å². The minimum atomic E-state index is -3.06. The second-order valence-corrected chi connectivity index (χ2v) is 6.12. The van der Waals surface area contributed by atoms with Crippen molar-refractivity contribution in [2.75, 3.05) is 0 Å². The van der Waals surface area contributed by atoms with Crippen molar-refractivity contribution in [2.24, 2.45) is 11.7 Å². The number of nitrogens with two attached hydrogens (primary N) is 1. The van der Waals surface area contributed by atoms with Crippen LogP contribution in [0.5, 0.6) is 5.75 Å². The molecule has 8 heteroatoms. The lowest BCUT2D eigenvalue weighted by Crippen LogP contribution is -2.52. The smallest absolute Gasteiger partial charge is 0.387 e. The number of hydrogen-bond donors (Lipinski definition) is 2. The quantitative estimate of drug-likeness (QED) is 0.839. The van der Waals surface area contributed by atoms with Crippen LogP contribution in [0.4, 0.5) is 13.2 Å². The standard InChI is InChI=1S/C16H21F3N2O2.ClH/c1-16(20)8-3-2-5-11(16)14(22)21-9-10-12(17)6-4-7-13(10)23-15(18)19;/h4,6-7,11,15H,2-3,5,8-9,20H2,1H3,(H,21,22);1H. The lowest BCUT2D eigenvalue weighted by molar-refractivity contribution is -0.128. The Labute approximate surface area is 145 Å². The number of amides is 1. The third kappa shape index (κ3) is 5.01. The van der Waals surface area contributed by atoms with E-state index < -0.39 is 18.0 Å². The van der Waals surface area contributed by atoms with Gasteiger partial charge < -0.3 is 15.8 Å². The molecule has 0 aromatic heterocycles. The number of ether oxygens (including phenoxy) is 1. The van der Waals surface area contributed by atoms with Crippen LogP contribution in [0.25, 0.3) is 0 Å². The molecule has 0 heterocycles. The van der Waals surface area contributed by atoms with Crippen LogP contribution in [0.2, 0.25) is 0 Å². The van der Waals surface area contributed by atoms with E-state index >= 15 is 0 Å². The Morgan fingerprint density at radius 1 is 1.46 bits per heavy atom. The van der Waals surface area contributed by atoms with E-state index in [1.165, 1.54) is 12.1 Å². The molecule has 3 N–H and O–H groups in total. The van der Waals surface area contributed by atoms with Gasteiger partial charge in [-0.3, -0.25) is 4.79 Å². The SMILES string of the molecule is CC1(N)CCCCC1C(=O)NCc1c(F)cccc1OC(F)F.Cl. The average Bonchev–Trinajstić information content (AvgIpc) is 2.45. The largest absolute Gasteiger partial charge is 0.434 e. The zero-order valence-electron chi connectivity index (χ0n) is 13.4. The first kappa shape index (κ1) is 20.6. The molecule has 1 saturated carbocycles. The van der Waals surface area contributed by atoms with E-state index in [-0.39, 0.29) is 42.1 Å². The zero-order valence-corrected chi connectivity index (χ0v) is 14.2. The van der Waals surface area contributed by atoms with Crippen LogP contribution < -0.4 is 15.8 Å². The fraction of sp³-hybridized carbons (Fsp3) is 0.562. The van der Waals surface area contributed by atoms with Crippen molar-refractivity contribution >= 4 is 18.3 Å². The summed E-state index contributed by atoms with van der Waals surface area (Å²) in [5, 5.41) is 2.59. The van der Waals surface area contributed by atoms with E-state index in [4.69, 9.17) is 5.73 Å². The number of carbonyl (C=O) groups is 1. The van der Waals surface area contributed by atoms with Crippen molar-refractivity contribution in [1.82, 2.24) is 5.32 Å². The van der Waals surface area contributed by atoms with Gasteiger partial charge in [0.1, 0.15) is 11.6 Å². The number of hydrogen-bond acceptors (Lipinski definition) is 3. The molecule has 2 rings (SSSR count). The molecular formula is C16H22ClF3N2O2. The molecule has 24 heavy (non-hydrogen) atoms. The maximum Gasteiger partial charge on any atom is 0.387 e. The van der Waals surface area contributed by atoms with Crippen LogP contribution in [0.3, 0.4) is 0 Å². The number of carbonyl (C=O) groups excluding carboxylic acids is 1. The molecule has 4 nitrogen and oxygen atoms in total. The van der Waals surface area contributed by atoms with Gasteiger partial charge in [0.25, 0.3) is 0 Å². The summed E-state index contributed by atoms with van der Waals surface area (Å²) in [5.41, 5.74) is 5.45. The topological polar surface area (TPSA) is 64.4 Å². The molecule has 1 aromatic rings. The van der Waals surface area contributed by atoms with Crippen molar-refractivity contribution in [3.8, 4) is 5.75 Å². The monoisotopic (exact) mass is 366 g/mol. The number of nitrogens with one attached hydrogen (secondary N) is 1. The first-order valence-electron chi connectivity index (χ1n) is 7.60. The summed E-state index contributed by atoms with van der Waals surface area (Å²) in [7, 11) is 0. The molecule has 2 unspecified atom stereocenters. The Hall–Kier alpha value is -1.47. The predicted molar refractivity (Wildman–Crippen MR) is 86.7 cm³/mol. The highest BCUT2D eigenvalue weighted by molar-refractivity contribution is 5.85. The normalized spacial score (nSPS) is 23.5. The number of halogens is 4. The number of rotatable bonds is 5. The second kappa shape index (κ2) is 8.58. The summed E-state index contributed by atoms with van der Waals surface area (Å²) >= 11 is 0. The van der Waals surface area contributed by atoms with E-state index in [9.17, 15) is 18.0 Å². The average molecular weight is 367 g/mol. The van der Waals surface area contributed by atoms with Crippen LogP contribution >= 0.6 is 12.4 Å². The van der Waals surface area contributed by atoms with Gasteiger partial charge in [-0.15, -0.1) is 12.4 Å². The van der Waals surface area contributed by atoms with Crippen LogP contribution in [0.1, 0.15) is 38.2 Å². The Bertz CT molecular complexity index is 570. The first-order chi connectivity index (χ1) is 10.8. The molecule has 1 aromatic carbocycles. The molecule has 2 atom stereocenters. The Morgan fingerprint density at radius 2 is 2.17 bits per heavy atom. The Balaban J connectivity index is 0.00000288. The molecule has 0 radical (unpaired) electrons. The van der Waals surface area contributed by atoms with Gasteiger partial charge in [-0.25, -0.2) is 4.39 Å². The molecule has 0 spiro atoms. The van der Waals surface area contributed by atoms with Gasteiger partial charge in [0, 0.05) is 17.6 Å². The van der Waals surface area contributed by atoms with Crippen molar-refractivity contribution in [2.45, 2.75) is 51.3 Å². The summed E-state index contributed by atoms with van der Waals surface area (Å²) in [6, 6.07) is 3.65. The summed E-state index contributed by atoms with van der Waals surface area (Å²) in [6.45, 7) is -1.46. The third-order valence-corrected chi connectivity index (χ3v) is 4.30. The fourth-order valence-electron chi connectivity index (χ4n) is 3.00. The molecule has 1 aliphatic carbocycles. The van der Waals surface area contributed by atoms with Crippen LogP contribution in [-0.4, -0.2) is 18.1 Å². The van der Waals surface area contributed by atoms with Crippen molar-refractivity contribution in [1.29, 1.82) is 0 Å². The number of alkyl halides is 2. The van der Waals surface area contributed by atoms with Gasteiger partial charge in [0.2, 0.25) is 5.91 Å². The lowest BCUT2D eigenvalue weighted by atomic mass is 9.74. The van der Waals surface area contributed by atoms with Gasteiger partial charge in [-0.05, 0) is 31.9 Å². The molecule has 0 saturated heterocycles. The summed E-state index contributed by atoms with van der Waals surface area (Å²) in [4.78, 5) is 12.3. The zero-order chi connectivity index (χ0) is 17.0. The summed E-state index contributed by atoms with van der Waals surface area (Å²) in [6.07, 6.45) is 3.28. The number of benzene rings is 1. The van der Waals surface area contributed by atoms with Gasteiger partial charge in [0.05, 0.1) is 5.92 Å². The highest BCUT2D eigenvalue weighted by Crippen LogP contribution is 2.32. The molecule has 1 amide bonds. The molecule has 0 aliphatic heterocycles. The highest BCUT2D eigenvalue weighted by atomic mass is 35.5. The van der Waals surface area contributed by atoms with Crippen molar-refractivity contribution < 1.29 is 22.7 Å².